The summed E-state index contributed by atoms with van der Waals surface area (Å²) in [6, 6.07) is 6.50. The summed E-state index contributed by atoms with van der Waals surface area (Å²) in [5.74, 6) is -1.60. The Bertz CT molecular complexity index is 623. The van der Waals surface area contributed by atoms with E-state index in [9.17, 15) is 13.2 Å². The first-order valence-corrected chi connectivity index (χ1v) is 6.48. The maximum Gasteiger partial charge on any atom is 0.133 e. The molecule has 0 fully saturated rings. The summed E-state index contributed by atoms with van der Waals surface area (Å²) in [6.45, 7) is 4.66. The molecule has 2 aromatic rings. The van der Waals surface area contributed by atoms with Crippen LogP contribution in [0.2, 0.25) is 0 Å². The normalized spacial score (nSPS) is 10.8. The SMILES string of the molecule is CCNCc1cc(F)ccc1-c1cc(C)c(F)cc1F. The molecule has 0 aliphatic rings. The minimum Gasteiger partial charge on any atom is -0.313 e. The van der Waals surface area contributed by atoms with Crippen molar-refractivity contribution >= 4 is 0 Å². The van der Waals surface area contributed by atoms with Crippen LogP contribution in [0.4, 0.5) is 13.2 Å². The summed E-state index contributed by atoms with van der Waals surface area (Å²) in [6.07, 6.45) is 0. The van der Waals surface area contributed by atoms with Gasteiger partial charge < -0.3 is 5.32 Å². The van der Waals surface area contributed by atoms with Crippen LogP contribution in [0.3, 0.4) is 0 Å². The Hall–Kier alpha value is -1.81. The van der Waals surface area contributed by atoms with Gasteiger partial charge >= 0.3 is 0 Å². The molecular formula is C16H16F3N. The molecule has 2 rings (SSSR count). The molecule has 0 unspecified atom stereocenters. The number of rotatable bonds is 4. The molecule has 0 radical (unpaired) electrons. The van der Waals surface area contributed by atoms with Crippen molar-refractivity contribution in [1.29, 1.82) is 0 Å². The second kappa shape index (κ2) is 6.09. The van der Waals surface area contributed by atoms with Crippen molar-refractivity contribution in [3.05, 3.63) is 58.9 Å². The third-order valence-corrected chi connectivity index (χ3v) is 3.17. The number of halogens is 3. The highest BCUT2D eigenvalue weighted by atomic mass is 19.1. The van der Waals surface area contributed by atoms with Crippen LogP contribution in [0, 0.1) is 24.4 Å². The molecule has 0 atom stereocenters. The van der Waals surface area contributed by atoms with Crippen molar-refractivity contribution in [2.24, 2.45) is 0 Å². The Balaban J connectivity index is 2.54. The topological polar surface area (TPSA) is 12.0 Å². The van der Waals surface area contributed by atoms with E-state index >= 15 is 0 Å². The van der Waals surface area contributed by atoms with Crippen LogP contribution in [-0.2, 0) is 6.54 Å². The van der Waals surface area contributed by atoms with E-state index < -0.39 is 11.6 Å². The Morgan fingerprint density at radius 3 is 2.40 bits per heavy atom. The van der Waals surface area contributed by atoms with Crippen molar-refractivity contribution in [3.63, 3.8) is 0 Å². The summed E-state index contributed by atoms with van der Waals surface area (Å²) in [5, 5.41) is 3.08. The smallest absolute Gasteiger partial charge is 0.133 e. The molecule has 0 saturated heterocycles. The first-order valence-electron chi connectivity index (χ1n) is 6.48. The number of hydrogen-bond donors (Lipinski definition) is 1. The second-order valence-corrected chi connectivity index (χ2v) is 4.66. The number of nitrogens with one attached hydrogen (secondary N) is 1. The average molecular weight is 279 g/mol. The van der Waals surface area contributed by atoms with Gasteiger partial charge in [0.25, 0.3) is 0 Å². The lowest BCUT2D eigenvalue weighted by atomic mass is 9.97. The number of aryl methyl sites for hydroxylation is 1. The summed E-state index contributed by atoms with van der Waals surface area (Å²) >= 11 is 0. The van der Waals surface area contributed by atoms with E-state index in [2.05, 4.69) is 5.32 Å². The largest absolute Gasteiger partial charge is 0.313 e. The van der Waals surface area contributed by atoms with Gasteiger partial charge in [-0.15, -0.1) is 0 Å². The van der Waals surface area contributed by atoms with Crippen LogP contribution in [0.1, 0.15) is 18.1 Å². The van der Waals surface area contributed by atoms with Crippen LogP contribution >= 0.6 is 0 Å². The molecule has 106 valence electrons. The molecule has 20 heavy (non-hydrogen) atoms. The van der Waals surface area contributed by atoms with E-state index in [0.29, 0.717) is 23.2 Å². The molecule has 0 saturated carbocycles. The summed E-state index contributed by atoms with van der Waals surface area (Å²) in [4.78, 5) is 0. The molecule has 1 N–H and O–H groups in total. The first kappa shape index (κ1) is 14.6. The van der Waals surface area contributed by atoms with E-state index in [0.717, 1.165) is 12.6 Å². The lowest BCUT2D eigenvalue weighted by Crippen LogP contribution is -2.13. The van der Waals surface area contributed by atoms with Crippen LogP contribution in [0.15, 0.2) is 30.3 Å². The van der Waals surface area contributed by atoms with Crippen LogP contribution < -0.4 is 5.32 Å². The van der Waals surface area contributed by atoms with Crippen molar-refractivity contribution in [3.8, 4) is 11.1 Å². The van der Waals surface area contributed by atoms with E-state index in [4.69, 9.17) is 0 Å². The second-order valence-electron chi connectivity index (χ2n) is 4.66. The predicted octanol–water partition coefficient (Wildman–Crippen LogP) is 4.19. The maximum absolute atomic E-state index is 14.0. The molecule has 0 spiro atoms. The fourth-order valence-corrected chi connectivity index (χ4v) is 2.09. The van der Waals surface area contributed by atoms with Crippen molar-refractivity contribution in [1.82, 2.24) is 5.32 Å². The minimum absolute atomic E-state index is 0.289. The van der Waals surface area contributed by atoms with Gasteiger partial charge in [-0.3, -0.25) is 0 Å². The Kier molecular flexibility index (Phi) is 4.45. The van der Waals surface area contributed by atoms with Gasteiger partial charge in [0.1, 0.15) is 17.5 Å². The zero-order valence-corrected chi connectivity index (χ0v) is 11.4. The van der Waals surface area contributed by atoms with Gasteiger partial charge in [-0.2, -0.15) is 0 Å². The van der Waals surface area contributed by atoms with E-state index in [1.54, 1.807) is 6.92 Å². The molecule has 0 aliphatic heterocycles. The molecule has 1 nitrogen and oxygen atoms in total. The summed E-state index contributed by atoms with van der Waals surface area (Å²) in [5.41, 5.74) is 1.88. The predicted molar refractivity (Wildman–Crippen MR) is 73.9 cm³/mol. The fourth-order valence-electron chi connectivity index (χ4n) is 2.09. The quantitative estimate of drug-likeness (QED) is 0.885. The van der Waals surface area contributed by atoms with Gasteiger partial charge in [0.05, 0.1) is 0 Å². The van der Waals surface area contributed by atoms with E-state index in [1.165, 1.54) is 24.3 Å². The van der Waals surface area contributed by atoms with Gasteiger partial charge in [0.2, 0.25) is 0 Å². The van der Waals surface area contributed by atoms with Gasteiger partial charge in [-0.25, -0.2) is 13.2 Å². The van der Waals surface area contributed by atoms with Crippen LogP contribution in [-0.4, -0.2) is 6.54 Å². The monoisotopic (exact) mass is 279 g/mol. The molecule has 0 bridgehead atoms. The van der Waals surface area contributed by atoms with Gasteiger partial charge in [0, 0.05) is 18.2 Å². The Morgan fingerprint density at radius 2 is 1.70 bits per heavy atom. The van der Waals surface area contributed by atoms with Gasteiger partial charge in [-0.1, -0.05) is 13.0 Å². The molecule has 0 aromatic heterocycles. The van der Waals surface area contributed by atoms with E-state index in [1.807, 2.05) is 6.92 Å². The van der Waals surface area contributed by atoms with Crippen molar-refractivity contribution in [2.45, 2.75) is 20.4 Å². The maximum atomic E-state index is 14.0. The minimum atomic E-state index is -0.641. The lowest BCUT2D eigenvalue weighted by molar-refractivity contribution is 0.579. The molecule has 2 aromatic carbocycles. The fraction of sp³-hybridized carbons (Fsp3) is 0.250. The summed E-state index contributed by atoms with van der Waals surface area (Å²) in [7, 11) is 0. The highest BCUT2D eigenvalue weighted by Gasteiger charge is 2.13. The standard InChI is InChI=1S/C16H16F3N/c1-3-20-9-11-7-12(17)4-5-13(11)14-6-10(2)15(18)8-16(14)19/h4-8,20H,3,9H2,1-2H3. The Labute approximate surface area is 116 Å². The van der Waals surface area contributed by atoms with Gasteiger partial charge in [0.15, 0.2) is 0 Å². The van der Waals surface area contributed by atoms with E-state index in [-0.39, 0.29) is 11.4 Å². The average Bonchev–Trinajstić information content (AvgIpc) is 2.41. The zero-order valence-electron chi connectivity index (χ0n) is 11.4. The van der Waals surface area contributed by atoms with Gasteiger partial charge in [-0.05, 0) is 48.4 Å². The summed E-state index contributed by atoms with van der Waals surface area (Å²) < 4.78 is 40.6. The van der Waals surface area contributed by atoms with Crippen LogP contribution in [0.25, 0.3) is 11.1 Å². The van der Waals surface area contributed by atoms with Crippen molar-refractivity contribution in [2.75, 3.05) is 6.54 Å². The first-order chi connectivity index (χ1) is 9.52. The molecule has 0 heterocycles. The number of benzene rings is 2. The van der Waals surface area contributed by atoms with Crippen LogP contribution in [0.5, 0.6) is 0 Å². The molecule has 0 amide bonds. The molecular weight excluding hydrogens is 263 g/mol. The molecule has 4 heteroatoms. The third-order valence-electron chi connectivity index (χ3n) is 3.17. The third kappa shape index (κ3) is 3.02. The lowest BCUT2D eigenvalue weighted by Gasteiger charge is -2.12. The van der Waals surface area contributed by atoms with Crippen molar-refractivity contribution < 1.29 is 13.2 Å². The highest BCUT2D eigenvalue weighted by molar-refractivity contribution is 5.68. The Morgan fingerprint density at radius 1 is 0.950 bits per heavy atom. The molecule has 0 aliphatic carbocycles. The highest BCUT2D eigenvalue weighted by Crippen LogP contribution is 2.29. The zero-order chi connectivity index (χ0) is 14.7. The number of hydrogen-bond acceptors (Lipinski definition) is 1.